The second-order valence-electron chi connectivity index (χ2n) is 4.02. The Morgan fingerprint density at radius 2 is 2.20 bits per heavy atom. The van der Waals surface area contributed by atoms with E-state index in [0.29, 0.717) is 14.5 Å². The lowest BCUT2D eigenvalue weighted by Crippen LogP contribution is -2.26. The van der Waals surface area contributed by atoms with Crippen LogP contribution in [0.15, 0.2) is 12.1 Å². The van der Waals surface area contributed by atoms with Gasteiger partial charge in [-0.2, -0.15) is 0 Å². The van der Waals surface area contributed by atoms with Gasteiger partial charge in [-0.25, -0.2) is 4.79 Å². The lowest BCUT2D eigenvalue weighted by atomic mass is 10.2. The predicted molar refractivity (Wildman–Crippen MR) is 73.2 cm³/mol. The second-order valence-corrected chi connectivity index (χ2v) is 5.10. The summed E-state index contributed by atoms with van der Waals surface area (Å²) in [5, 5.41) is 0.378. The number of esters is 1. The number of carbonyl (C=O) groups is 1. The van der Waals surface area contributed by atoms with Crippen molar-refractivity contribution >= 4 is 39.5 Å². The zero-order valence-electron chi connectivity index (χ0n) is 10.1. The van der Waals surface area contributed by atoms with Gasteiger partial charge >= 0.3 is 12.3 Å². The van der Waals surface area contributed by atoms with Crippen LogP contribution in [0.2, 0.25) is 0 Å². The number of alkyl halides is 2. The van der Waals surface area contributed by atoms with Crippen molar-refractivity contribution in [3.63, 3.8) is 0 Å². The van der Waals surface area contributed by atoms with Crippen molar-refractivity contribution in [2.75, 3.05) is 6.61 Å². The Morgan fingerprint density at radius 1 is 1.45 bits per heavy atom. The van der Waals surface area contributed by atoms with E-state index in [2.05, 4.69) is 14.5 Å². The Labute approximate surface area is 125 Å². The van der Waals surface area contributed by atoms with Gasteiger partial charge in [0.15, 0.2) is 11.5 Å². The van der Waals surface area contributed by atoms with Gasteiger partial charge in [0.05, 0.1) is 21.1 Å². The molecule has 2 heterocycles. The SMILES string of the molecule is CCOC(=O)c1[nH]c2ccc3c(c2c1I)OC(F)(F)O3. The van der Waals surface area contributed by atoms with Gasteiger partial charge in [-0.3, -0.25) is 0 Å². The molecule has 3 rings (SSSR count). The molecule has 0 fully saturated rings. The van der Waals surface area contributed by atoms with Crippen LogP contribution in [0.4, 0.5) is 8.78 Å². The first-order valence-electron chi connectivity index (χ1n) is 5.70. The monoisotopic (exact) mass is 395 g/mol. The molecule has 0 bridgehead atoms. The third-order valence-corrected chi connectivity index (χ3v) is 3.83. The molecule has 0 amide bonds. The largest absolute Gasteiger partial charge is 0.586 e. The summed E-state index contributed by atoms with van der Waals surface area (Å²) in [7, 11) is 0. The molecule has 1 aromatic heterocycles. The van der Waals surface area contributed by atoms with Crippen molar-refractivity contribution < 1.29 is 27.8 Å². The predicted octanol–water partition coefficient (Wildman–Crippen LogP) is 3.27. The number of aromatic nitrogens is 1. The second kappa shape index (κ2) is 4.47. The lowest BCUT2D eigenvalue weighted by molar-refractivity contribution is -0.286. The van der Waals surface area contributed by atoms with Crippen molar-refractivity contribution in [3.8, 4) is 11.5 Å². The zero-order valence-corrected chi connectivity index (χ0v) is 12.3. The van der Waals surface area contributed by atoms with Crippen LogP contribution in [0.5, 0.6) is 11.5 Å². The van der Waals surface area contributed by atoms with Crippen LogP contribution in [0, 0.1) is 3.57 Å². The quantitative estimate of drug-likeness (QED) is 0.627. The van der Waals surface area contributed by atoms with Crippen molar-refractivity contribution in [1.82, 2.24) is 4.98 Å². The van der Waals surface area contributed by atoms with Crippen LogP contribution in [-0.2, 0) is 4.74 Å². The number of rotatable bonds is 2. The van der Waals surface area contributed by atoms with E-state index in [-0.39, 0.29) is 23.8 Å². The van der Waals surface area contributed by atoms with Gasteiger partial charge in [0.2, 0.25) is 0 Å². The first-order chi connectivity index (χ1) is 9.43. The maximum Gasteiger partial charge on any atom is 0.586 e. The third kappa shape index (κ3) is 1.98. The fourth-order valence-corrected chi connectivity index (χ4v) is 2.88. The highest BCUT2D eigenvalue weighted by molar-refractivity contribution is 14.1. The van der Waals surface area contributed by atoms with Crippen LogP contribution in [0.1, 0.15) is 17.4 Å². The summed E-state index contributed by atoms with van der Waals surface area (Å²) < 4.78 is 40.5. The van der Waals surface area contributed by atoms with Gasteiger partial charge in [-0.15, -0.1) is 8.78 Å². The van der Waals surface area contributed by atoms with Gasteiger partial charge < -0.3 is 19.2 Å². The minimum atomic E-state index is -3.69. The zero-order chi connectivity index (χ0) is 14.5. The highest BCUT2D eigenvalue weighted by atomic mass is 127. The Balaban J connectivity index is 2.18. The fraction of sp³-hybridized carbons (Fsp3) is 0.250. The topological polar surface area (TPSA) is 60.6 Å². The Morgan fingerprint density at radius 3 is 2.90 bits per heavy atom. The van der Waals surface area contributed by atoms with Gasteiger partial charge in [0.1, 0.15) is 5.69 Å². The molecule has 0 aliphatic carbocycles. The van der Waals surface area contributed by atoms with Crippen LogP contribution in [-0.4, -0.2) is 23.9 Å². The molecular weight excluding hydrogens is 387 g/mol. The molecule has 1 aromatic carbocycles. The van der Waals surface area contributed by atoms with E-state index in [1.807, 2.05) is 22.6 Å². The van der Waals surface area contributed by atoms with Gasteiger partial charge in [0, 0.05) is 0 Å². The van der Waals surface area contributed by atoms with E-state index in [1.165, 1.54) is 6.07 Å². The molecule has 0 unspecified atom stereocenters. The molecule has 106 valence electrons. The minimum Gasteiger partial charge on any atom is -0.461 e. The van der Waals surface area contributed by atoms with E-state index in [4.69, 9.17) is 4.74 Å². The van der Waals surface area contributed by atoms with E-state index in [1.54, 1.807) is 13.0 Å². The Hall–Kier alpha value is -1.58. The summed E-state index contributed by atoms with van der Waals surface area (Å²) >= 11 is 1.88. The Kier molecular flexibility index (Phi) is 3.00. The van der Waals surface area contributed by atoms with Crippen molar-refractivity contribution in [1.29, 1.82) is 0 Å². The third-order valence-electron chi connectivity index (χ3n) is 2.75. The molecule has 0 spiro atoms. The maximum absolute atomic E-state index is 13.1. The highest BCUT2D eigenvalue weighted by Gasteiger charge is 2.45. The number of nitrogens with one attached hydrogen (secondary N) is 1. The van der Waals surface area contributed by atoms with E-state index in [9.17, 15) is 13.6 Å². The molecule has 0 saturated carbocycles. The summed E-state index contributed by atoms with van der Waals surface area (Å²) in [6, 6.07) is 2.91. The Bertz CT molecular complexity index is 713. The molecule has 0 atom stereocenters. The van der Waals surface area contributed by atoms with Crippen LogP contribution in [0.3, 0.4) is 0 Å². The molecule has 20 heavy (non-hydrogen) atoms. The smallest absolute Gasteiger partial charge is 0.461 e. The van der Waals surface area contributed by atoms with E-state index < -0.39 is 12.3 Å². The molecular formula is C12H8F2INO4. The molecule has 2 aromatic rings. The molecule has 5 nitrogen and oxygen atoms in total. The first kappa shape index (κ1) is 13.4. The molecule has 1 N–H and O–H groups in total. The number of halogens is 3. The summed E-state index contributed by atoms with van der Waals surface area (Å²) in [5.74, 6) is -0.689. The fourth-order valence-electron chi connectivity index (χ4n) is 1.99. The average Bonchev–Trinajstić information content (AvgIpc) is 2.85. The first-order valence-corrected chi connectivity index (χ1v) is 6.78. The van der Waals surface area contributed by atoms with Crippen molar-refractivity contribution in [2.24, 2.45) is 0 Å². The average molecular weight is 395 g/mol. The maximum atomic E-state index is 13.1. The number of H-pyrrole nitrogens is 1. The normalized spacial score (nSPS) is 15.6. The number of hydrogen-bond acceptors (Lipinski definition) is 4. The summed E-state index contributed by atoms with van der Waals surface area (Å²) in [4.78, 5) is 14.6. The standard InChI is InChI=1S/C12H8F2INO4/c1-2-18-11(17)9-8(15)7-5(16-9)3-4-6-10(7)20-12(13,14)19-6/h3-4,16H,2H2,1H3. The lowest BCUT2D eigenvalue weighted by Gasteiger charge is -2.04. The summed E-state index contributed by atoms with van der Waals surface area (Å²) in [6.07, 6.45) is -3.69. The van der Waals surface area contributed by atoms with Crippen molar-refractivity contribution in [2.45, 2.75) is 13.2 Å². The van der Waals surface area contributed by atoms with Gasteiger partial charge in [0.25, 0.3) is 0 Å². The number of fused-ring (bicyclic) bond motifs is 3. The van der Waals surface area contributed by atoms with Gasteiger partial charge in [-0.1, -0.05) is 0 Å². The number of ether oxygens (including phenoxy) is 3. The molecule has 1 aliphatic heterocycles. The number of hydrogen-bond donors (Lipinski definition) is 1. The van der Waals surface area contributed by atoms with E-state index in [0.717, 1.165) is 0 Å². The number of aromatic amines is 1. The molecule has 8 heteroatoms. The van der Waals surface area contributed by atoms with Crippen molar-refractivity contribution in [3.05, 3.63) is 21.4 Å². The van der Waals surface area contributed by atoms with Crippen LogP contribution < -0.4 is 9.47 Å². The van der Waals surface area contributed by atoms with Crippen LogP contribution in [0.25, 0.3) is 10.9 Å². The van der Waals surface area contributed by atoms with Crippen LogP contribution >= 0.6 is 22.6 Å². The molecule has 0 radical (unpaired) electrons. The molecule has 0 saturated heterocycles. The van der Waals surface area contributed by atoms with E-state index >= 15 is 0 Å². The molecule has 1 aliphatic rings. The summed E-state index contributed by atoms with van der Waals surface area (Å²) in [6.45, 7) is 1.91. The number of benzene rings is 1. The van der Waals surface area contributed by atoms with Gasteiger partial charge in [-0.05, 0) is 41.6 Å². The summed E-state index contributed by atoms with van der Waals surface area (Å²) in [5.41, 5.74) is 0.701. The minimum absolute atomic E-state index is 0.0603. The highest BCUT2D eigenvalue weighted by Crippen LogP contribution is 2.47. The number of carbonyl (C=O) groups excluding carboxylic acids is 1.